The van der Waals surface area contributed by atoms with Crippen molar-refractivity contribution < 1.29 is 14.9 Å². The van der Waals surface area contributed by atoms with E-state index in [1.807, 2.05) is 18.2 Å². The van der Waals surface area contributed by atoms with Crippen LogP contribution in [0.4, 0.5) is 5.82 Å². The lowest BCUT2D eigenvalue weighted by molar-refractivity contribution is 0.0157. The predicted octanol–water partition coefficient (Wildman–Crippen LogP) is 1.82. The number of nitrogens with zero attached hydrogens (tertiary/aromatic N) is 4. The molecule has 1 saturated heterocycles. The minimum Gasteiger partial charge on any atom is -0.388 e. The van der Waals surface area contributed by atoms with Gasteiger partial charge in [-0.2, -0.15) is 9.97 Å². The van der Waals surface area contributed by atoms with Gasteiger partial charge in [0.15, 0.2) is 17.0 Å². The number of fused-ring (bicyclic) bond motifs is 1. The molecule has 0 amide bonds. The molecule has 4 rings (SSSR count). The number of benzene rings is 1. The first-order chi connectivity index (χ1) is 13.0. The van der Waals surface area contributed by atoms with E-state index in [1.165, 1.54) is 0 Å². The van der Waals surface area contributed by atoms with Gasteiger partial charge in [-0.15, -0.1) is 0 Å². The fourth-order valence-corrected chi connectivity index (χ4v) is 3.80. The van der Waals surface area contributed by atoms with Crippen molar-refractivity contribution in [2.75, 3.05) is 11.9 Å². The Morgan fingerprint density at radius 3 is 2.93 bits per heavy atom. The van der Waals surface area contributed by atoms with Crippen molar-refractivity contribution in [1.82, 2.24) is 19.5 Å². The molecule has 27 heavy (non-hydrogen) atoms. The Kier molecular flexibility index (Phi) is 5.46. The number of anilines is 1. The second-order valence-electron chi connectivity index (χ2n) is 6.32. The number of hydrogen-bond donors (Lipinski definition) is 3. The summed E-state index contributed by atoms with van der Waals surface area (Å²) < 4.78 is 8.33. The van der Waals surface area contributed by atoms with Crippen LogP contribution in [-0.2, 0) is 17.8 Å². The summed E-state index contributed by atoms with van der Waals surface area (Å²) in [5.41, 5.74) is 2.23. The molecule has 0 saturated carbocycles. The third-order valence-electron chi connectivity index (χ3n) is 4.42. The molecule has 2 aromatic heterocycles. The van der Waals surface area contributed by atoms with E-state index in [-0.39, 0.29) is 11.9 Å². The van der Waals surface area contributed by atoms with Crippen LogP contribution >= 0.6 is 34.2 Å². The molecule has 3 aromatic rings. The van der Waals surface area contributed by atoms with Gasteiger partial charge in [-0.25, -0.2) is 4.98 Å². The molecule has 3 heterocycles. The SMILES string of the molecule is O[C@H]1[C@@H](O)CO[C@@H]1Cn1cnc2c(NCc3cccc(I)c3)nc(Cl)nc21. The van der Waals surface area contributed by atoms with Crippen molar-refractivity contribution in [2.24, 2.45) is 0 Å². The van der Waals surface area contributed by atoms with E-state index in [9.17, 15) is 10.2 Å². The number of rotatable bonds is 5. The van der Waals surface area contributed by atoms with Crippen LogP contribution in [0.2, 0.25) is 5.28 Å². The van der Waals surface area contributed by atoms with Crippen LogP contribution in [0.1, 0.15) is 5.56 Å². The molecule has 1 aliphatic heterocycles. The van der Waals surface area contributed by atoms with Crippen LogP contribution in [0.5, 0.6) is 0 Å². The summed E-state index contributed by atoms with van der Waals surface area (Å²) in [6.07, 6.45) is -0.756. The topological polar surface area (TPSA) is 105 Å². The van der Waals surface area contributed by atoms with Gasteiger partial charge in [-0.05, 0) is 51.9 Å². The van der Waals surface area contributed by atoms with Crippen LogP contribution in [0.3, 0.4) is 0 Å². The molecule has 0 bridgehead atoms. The van der Waals surface area contributed by atoms with E-state index in [1.54, 1.807) is 10.9 Å². The number of halogens is 2. The molecule has 0 spiro atoms. The number of aromatic nitrogens is 4. The van der Waals surface area contributed by atoms with E-state index >= 15 is 0 Å². The summed E-state index contributed by atoms with van der Waals surface area (Å²) in [5.74, 6) is 0.538. The average Bonchev–Trinajstić information content (AvgIpc) is 3.18. The highest BCUT2D eigenvalue weighted by molar-refractivity contribution is 14.1. The molecular formula is C17H17ClIN5O3. The lowest BCUT2D eigenvalue weighted by Gasteiger charge is -2.15. The highest BCUT2D eigenvalue weighted by Crippen LogP contribution is 2.24. The van der Waals surface area contributed by atoms with Crippen LogP contribution in [0.25, 0.3) is 11.2 Å². The first-order valence-electron chi connectivity index (χ1n) is 8.35. The van der Waals surface area contributed by atoms with Crippen molar-refractivity contribution in [3.63, 3.8) is 0 Å². The van der Waals surface area contributed by atoms with Crippen LogP contribution < -0.4 is 5.32 Å². The first-order valence-corrected chi connectivity index (χ1v) is 9.81. The zero-order chi connectivity index (χ0) is 19.0. The summed E-state index contributed by atoms with van der Waals surface area (Å²) >= 11 is 8.37. The molecule has 3 N–H and O–H groups in total. The van der Waals surface area contributed by atoms with Gasteiger partial charge in [0.2, 0.25) is 5.28 Å². The van der Waals surface area contributed by atoms with Gasteiger partial charge in [0.1, 0.15) is 18.3 Å². The standard InChI is InChI=1S/C17H17ClIN5O3/c18-17-22-15(20-5-9-2-1-3-10(19)4-9)13-16(23-17)24(8-21-13)6-12-14(26)11(25)7-27-12/h1-4,8,11-12,14,25-26H,5-7H2,(H,20,22,23)/t11-,12+,14-/m0/s1. The molecule has 142 valence electrons. The lowest BCUT2D eigenvalue weighted by atomic mass is 10.1. The van der Waals surface area contributed by atoms with Crippen molar-refractivity contribution in [1.29, 1.82) is 0 Å². The predicted molar refractivity (Wildman–Crippen MR) is 109 cm³/mol. The fourth-order valence-electron chi connectivity index (χ4n) is 3.03. The van der Waals surface area contributed by atoms with Crippen LogP contribution in [0, 0.1) is 3.57 Å². The quantitative estimate of drug-likeness (QED) is 0.362. The van der Waals surface area contributed by atoms with Gasteiger partial charge in [0, 0.05) is 10.1 Å². The molecule has 8 nitrogen and oxygen atoms in total. The highest BCUT2D eigenvalue weighted by Gasteiger charge is 2.35. The second kappa shape index (κ2) is 7.84. The van der Waals surface area contributed by atoms with E-state index in [4.69, 9.17) is 16.3 Å². The first kappa shape index (κ1) is 18.8. The van der Waals surface area contributed by atoms with Gasteiger partial charge >= 0.3 is 0 Å². The zero-order valence-corrected chi connectivity index (χ0v) is 17.0. The van der Waals surface area contributed by atoms with Crippen molar-refractivity contribution in [3.8, 4) is 0 Å². The van der Waals surface area contributed by atoms with Gasteiger partial charge in [-0.3, -0.25) is 0 Å². The number of ether oxygens (including phenoxy) is 1. The summed E-state index contributed by atoms with van der Waals surface area (Å²) in [6.45, 7) is 0.984. The minimum atomic E-state index is -0.946. The van der Waals surface area contributed by atoms with Crippen LogP contribution in [-0.4, -0.2) is 54.7 Å². The number of hydrogen-bond acceptors (Lipinski definition) is 7. The normalized spacial score (nSPS) is 22.4. The maximum Gasteiger partial charge on any atom is 0.226 e. The van der Waals surface area contributed by atoms with Crippen LogP contribution in [0.15, 0.2) is 30.6 Å². The van der Waals surface area contributed by atoms with E-state index in [0.717, 1.165) is 9.13 Å². The third kappa shape index (κ3) is 4.02. The molecule has 3 atom stereocenters. The molecule has 1 aliphatic rings. The van der Waals surface area contributed by atoms with Gasteiger partial charge in [0.25, 0.3) is 0 Å². The smallest absolute Gasteiger partial charge is 0.226 e. The van der Waals surface area contributed by atoms with Crippen molar-refractivity contribution in [2.45, 2.75) is 31.4 Å². The zero-order valence-electron chi connectivity index (χ0n) is 14.1. The van der Waals surface area contributed by atoms with Gasteiger partial charge in [-0.1, -0.05) is 12.1 Å². The molecule has 1 aromatic carbocycles. The van der Waals surface area contributed by atoms with Gasteiger partial charge in [0.05, 0.1) is 19.5 Å². The van der Waals surface area contributed by atoms with E-state index < -0.39 is 18.3 Å². The fraction of sp³-hybridized carbons (Fsp3) is 0.353. The summed E-state index contributed by atoms with van der Waals surface area (Å²) in [7, 11) is 0. The number of aliphatic hydroxyl groups is 2. The Labute approximate surface area is 173 Å². The summed E-state index contributed by atoms with van der Waals surface area (Å²) in [6, 6.07) is 8.13. The van der Waals surface area contributed by atoms with Crippen molar-refractivity contribution >= 4 is 51.2 Å². The molecule has 0 unspecified atom stereocenters. The van der Waals surface area contributed by atoms with Crippen molar-refractivity contribution in [3.05, 3.63) is 45.0 Å². The Morgan fingerprint density at radius 2 is 2.19 bits per heavy atom. The largest absolute Gasteiger partial charge is 0.388 e. The molecule has 0 radical (unpaired) electrons. The number of imidazole rings is 1. The Morgan fingerprint density at radius 1 is 1.33 bits per heavy atom. The summed E-state index contributed by atoms with van der Waals surface area (Å²) in [4.78, 5) is 12.9. The Hall–Kier alpha value is -1.53. The molecule has 0 aliphatic carbocycles. The minimum absolute atomic E-state index is 0.0994. The van der Waals surface area contributed by atoms with Gasteiger partial charge < -0.3 is 24.8 Å². The monoisotopic (exact) mass is 501 g/mol. The number of nitrogens with one attached hydrogen (secondary N) is 1. The van der Waals surface area contributed by atoms with E-state index in [2.05, 4.69) is 48.9 Å². The average molecular weight is 502 g/mol. The Balaban J connectivity index is 1.58. The lowest BCUT2D eigenvalue weighted by Crippen LogP contribution is -2.32. The Bertz CT molecular complexity index is 969. The number of aliphatic hydroxyl groups excluding tert-OH is 2. The maximum absolute atomic E-state index is 9.99. The second-order valence-corrected chi connectivity index (χ2v) is 7.91. The molecule has 10 heteroatoms. The highest BCUT2D eigenvalue weighted by atomic mass is 127. The third-order valence-corrected chi connectivity index (χ3v) is 5.26. The maximum atomic E-state index is 9.99. The molecular weight excluding hydrogens is 485 g/mol. The van der Waals surface area contributed by atoms with E-state index in [0.29, 0.717) is 30.1 Å². The summed E-state index contributed by atoms with van der Waals surface area (Å²) in [5, 5.41) is 23.0. The molecule has 1 fully saturated rings.